The highest BCUT2D eigenvalue weighted by Crippen LogP contribution is 2.31. The Morgan fingerprint density at radius 2 is 2.11 bits per heavy atom. The number of aromatic nitrogens is 5. The summed E-state index contributed by atoms with van der Waals surface area (Å²) in [5.41, 5.74) is 3.93. The van der Waals surface area contributed by atoms with E-state index in [1.807, 2.05) is 30.1 Å². The molecule has 1 aromatic carbocycles. The molecule has 7 nitrogen and oxygen atoms in total. The Kier molecular flexibility index (Phi) is 4.09. The van der Waals surface area contributed by atoms with Crippen molar-refractivity contribution < 1.29 is 4.74 Å². The van der Waals surface area contributed by atoms with Gasteiger partial charge < -0.3 is 14.6 Å². The zero-order chi connectivity index (χ0) is 19.1. The zero-order valence-electron chi connectivity index (χ0n) is 16.0. The number of aromatic amines is 1. The molecule has 28 heavy (non-hydrogen) atoms. The van der Waals surface area contributed by atoms with Gasteiger partial charge >= 0.3 is 0 Å². The monoisotopic (exact) mass is 374 g/mol. The normalized spacial score (nSPS) is 17.4. The number of hydrogen-bond donors (Lipinski definition) is 1. The number of rotatable bonds is 3. The van der Waals surface area contributed by atoms with E-state index in [-0.39, 0.29) is 6.04 Å². The predicted octanol–water partition coefficient (Wildman–Crippen LogP) is 3.25. The van der Waals surface area contributed by atoms with Gasteiger partial charge in [0.25, 0.3) is 0 Å². The van der Waals surface area contributed by atoms with Gasteiger partial charge in [-0.2, -0.15) is 5.10 Å². The van der Waals surface area contributed by atoms with E-state index in [4.69, 9.17) is 14.7 Å². The van der Waals surface area contributed by atoms with Crippen molar-refractivity contribution >= 4 is 16.7 Å². The lowest BCUT2D eigenvalue weighted by Crippen LogP contribution is -2.44. The molecule has 4 heterocycles. The summed E-state index contributed by atoms with van der Waals surface area (Å²) in [6.07, 6.45) is 3.74. The molecule has 4 aromatic rings. The largest absolute Gasteiger partial charge is 0.377 e. The van der Waals surface area contributed by atoms with Crippen LogP contribution in [0.3, 0.4) is 0 Å². The van der Waals surface area contributed by atoms with Crippen LogP contribution in [0.2, 0.25) is 0 Å². The highest BCUT2D eigenvalue weighted by molar-refractivity contribution is 5.93. The summed E-state index contributed by atoms with van der Waals surface area (Å²) in [6, 6.07) is 12.5. The quantitative estimate of drug-likeness (QED) is 0.596. The molecule has 3 aromatic heterocycles. The zero-order valence-corrected chi connectivity index (χ0v) is 16.0. The topological polar surface area (TPSA) is 71.9 Å². The second-order valence-corrected chi connectivity index (χ2v) is 7.14. The van der Waals surface area contributed by atoms with Gasteiger partial charge in [0.05, 0.1) is 30.6 Å². The van der Waals surface area contributed by atoms with Gasteiger partial charge in [-0.25, -0.2) is 9.97 Å². The van der Waals surface area contributed by atoms with E-state index in [1.165, 1.54) is 0 Å². The molecule has 7 heteroatoms. The molecule has 0 amide bonds. The molecule has 1 N–H and O–H groups in total. The Morgan fingerprint density at radius 1 is 1.18 bits per heavy atom. The molecule has 1 unspecified atom stereocenters. The second-order valence-electron chi connectivity index (χ2n) is 7.14. The first-order valence-electron chi connectivity index (χ1n) is 9.49. The molecule has 1 atom stereocenters. The Balaban J connectivity index is 1.71. The molecular formula is C21H22N6O. The van der Waals surface area contributed by atoms with E-state index in [2.05, 4.69) is 46.2 Å². The molecule has 142 valence electrons. The summed E-state index contributed by atoms with van der Waals surface area (Å²) >= 11 is 0. The Labute approximate surface area is 163 Å². The summed E-state index contributed by atoms with van der Waals surface area (Å²) in [6.45, 7) is 4.39. The average molecular weight is 374 g/mol. The molecule has 0 radical (unpaired) electrons. The lowest BCUT2D eigenvalue weighted by Gasteiger charge is -2.34. The molecule has 5 rings (SSSR count). The SMILES string of the molecule is CC1COCCN1c1cc(-c2ccnn2C)nc(-c2cccc3[nH]ccc23)n1. The van der Waals surface area contributed by atoms with Gasteiger partial charge in [0.15, 0.2) is 5.82 Å². The first kappa shape index (κ1) is 16.9. The third kappa shape index (κ3) is 2.84. The molecule has 0 saturated carbocycles. The number of aryl methyl sites for hydroxylation is 1. The summed E-state index contributed by atoms with van der Waals surface area (Å²) in [7, 11) is 1.93. The summed E-state index contributed by atoms with van der Waals surface area (Å²) < 4.78 is 7.46. The molecule has 0 spiro atoms. The molecule has 1 aliphatic rings. The van der Waals surface area contributed by atoms with Crippen LogP contribution < -0.4 is 4.90 Å². The number of H-pyrrole nitrogens is 1. The van der Waals surface area contributed by atoms with Gasteiger partial charge in [-0.1, -0.05) is 12.1 Å². The van der Waals surface area contributed by atoms with Crippen LogP contribution in [-0.4, -0.2) is 50.5 Å². The molecule has 0 aliphatic carbocycles. The third-order valence-electron chi connectivity index (χ3n) is 5.29. The van der Waals surface area contributed by atoms with Crippen molar-refractivity contribution in [3.8, 4) is 22.8 Å². The van der Waals surface area contributed by atoms with Gasteiger partial charge in [-0.3, -0.25) is 4.68 Å². The van der Waals surface area contributed by atoms with E-state index in [0.717, 1.165) is 46.0 Å². The summed E-state index contributed by atoms with van der Waals surface area (Å²) in [5.74, 6) is 1.64. The molecule has 1 saturated heterocycles. The van der Waals surface area contributed by atoms with Crippen LogP contribution in [0.15, 0.2) is 48.8 Å². The minimum absolute atomic E-state index is 0.263. The van der Waals surface area contributed by atoms with Crippen molar-refractivity contribution in [2.75, 3.05) is 24.7 Å². The Morgan fingerprint density at radius 3 is 2.93 bits per heavy atom. The number of hydrogen-bond acceptors (Lipinski definition) is 5. The molecule has 1 fully saturated rings. The number of fused-ring (bicyclic) bond motifs is 1. The lowest BCUT2D eigenvalue weighted by molar-refractivity contribution is 0.0985. The van der Waals surface area contributed by atoms with Gasteiger partial charge in [0, 0.05) is 48.5 Å². The minimum atomic E-state index is 0.263. The fourth-order valence-electron chi connectivity index (χ4n) is 3.81. The van der Waals surface area contributed by atoms with Crippen LogP contribution in [0.4, 0.5) is 5.82 Å². The fraction of sp³-hybridized carbons (Fsp3) is 0.286. The van der Waals surface area contributed by atoms with Crippen molar-refractivity contribution in [2.45, 2.75) is 13.0 Å². The average Bonchev–Trinajstić information content (AvgIpc) is 3.36. The first-order chi connectivity index (χ1) is 13.7. The summed E-state index contributed by atoms with van der Waals surface area (Å²) in [5, 5.41) is 5.43. The number of anilines is 1. The van der Waals surface area contributed by atoms with Crippen LogP contribution in [0, 0.1) is 0 Å². The fourth-order valence-corrected chi connectivity index (χ4v) is 3.81. The second kappa shape index (κ2) is 6.76. The van der Waals surface area contributed by atoms with Gasteiger partial charge in [-0.05, 0) is 25.1 Å². The van der Waals surface area contributed by atoms with Crippen LogP contribution in [0.25, 0.3) is 33.7 Å². The van der Waals surface area contributed by atoms with Crippen molar-refractivity contribution in [2.24, 2.45) is 7.05 Å². The van der Waals surface area contributed by atoms with E-state index in [1.54, 1.807) is 6.20 Å². The number of nitrogens with zero attached hydrogens (tertiary/aromatic N) is 5. The Hall–Kier alpha value is -3.19. The number of ether oxygens (including phenoxy) is 1. The summed E-state index contributed by atoms with van der Waals surface area (Å²) in [4.78, 5) is 15.4. The maximum absolute atomic E-state index is 5.61. The maximum atomic E-state index is 5.61. The minimum Gasteiger partial charge on any atom is -0.377 e. The van der Waals surface area contributed by atoms with E-state index >= 15 is 0 Å². The third-order valence-corrected chi connectivity index (χ3v) is 5.29. The number of nitrogens with one attached hydrogen (secondary N) is 1. The van der Waals surface area contributed by atoms with Gasteiger partial charge in [0.1, 0.15) is 5.82 Å². The van der Waals surface area contributed by atoms with Crippen LogP contribution >= 0.6 is 0 Å². The predicted molar refractivity (Wildman–Crippen MR) is 109 cm³/mol. The standard InChI is InChI=1S/C21H22N6O/c1-14-13-28-11-10-27(14)20-12-18(19-7-9-23-26(19)2)24-21(25-20)16-4-3-5-17-15(16)6-8-22-17/h3-9,12,14,22H,10-11,13H2,1-2H3. The lowest BCUT2D eigenvalue weighted by atomic mass is 10.1. The van der Waals surface area contributed by atoms with E-state index < -0.39 is 0 Å². The van der Waals surface area contributed by atoms with Gasteiger partial charge in [-0.15, -0.1) is 0 Å². The first-order valence-corrected chi connectivity index (χ1v) is 9.49. The van der Waals surface area contributed by atoms with Crippen molar-refractivity contribution in [3.63, 3.8) is 0 Å². The van der Waals surface area contributed by atoms with Crippen molar-refractivity contribution in [3.05, 3.63) is 48.8 Å². The number of morpholine rings is 1. The van der Waals surface area contributed by atoms with Crippen LogP contribution in [0.5, 0.6) is 0 Å². The molecule has 0 bridgehead atoms. The van der Waals surface area contributed by atoms with E-state index in [9.17, 15) is 0 Å². The van der Waals surface area contributed by atoms with Crippen LogP contribution in [-0.2, 0) is 11.8 Å². The van der Waals surface area contributed by atoms with Crippen molar-refractivity contribution in [1.29, 1.82) is 0 Å². The molecular weight excluding hydrogens is 352 g/mol. The molecule has 1 aliphatic heterocycles. The highest BCUT2D eigenvalue weighted by atomic mass is 16.5. The van der Waals surface area contributed by atoms with Crippen molar-refractivity contribution in [1.82, 2.24) is 24.7 Å². The Bertz CT molecular complexity index is 1130. The smallest absolute Gasteiger partial charge is 0.162 e. The van der Waals surface area contributed by atoms with Gasteiger partial charge in [0.2, 0.25) is 0 Å². The maximum Gasteiger partial charge on any atom is 0.162 e. The number of benzene rings is 1. The van der Waals surface area contributed by atoms with Crippen LogP contribution in [0.1, 0.15) is 6.92 Å². The highest BCUT2D eigenvalue weighted by Gasteiger charge is 2.23. The van der Waals surface area contributed by atoms with E-state index in [0.29, 0.717) is 13.2 Å².